The second-order valence-electron chi connectivity index (χ2n) is 3.52. The van der Waals surface area contributed by atoms with Gasteiger partial charge in [0, 0.05) is 14.1 Å². The number of rotatable bonds is 4. The van der Waals surface area contributed by atoms with Gasteiger partial charge in [0.1, 0.15) is 5.82 Å². The maximum Gasteiger partial charge on any atom is 0.255 e. The molecule has 8 heteroatoms. The summed E-state index contributed by atoms with van der Waals surface area (Å²) in [6.07, 6.45) is -0.901. The molecule has 2 N–H and O–H groups in total. The number of hydrogen-bond donors (Lipinski definition) is 2. The van der Waals surface area contributed by atoms with Crippen molar-refractivity contribution in [3.63, 3.8) is 0 Å². The van der Waals surface area contributed by atoms with Gasteiger partial charge in [-0.2, -0.15) is 15.1 Å². The molecule has 0 atom stereocenters. The summed E-state index contributed by atoms with van der Waals surface area (Å²) in [5.41, 5.74) is 0.514. The average Bonchev–Trinajstić information content (AvgIpc) is 2.74. The number of aromatic nitrogens is 4. The van der Waals surface area contributed by atoms with Crippen molar-refractivity contribution in [2.24, 2.45) is 0 Å². The van der Waals surface area contributed by atoms with E-state index in [2.05, 4.69) is 25.5 Å². The molecule has 0 saturated heterocycles. The number of H-pyrrole nitrogens is 1. The molecule has 2 heterocycles. The molecule has 0 bridgehead atoms. The van der Waals surface area contributed by atoms with E-state index in [0.29, 0.717) is 22.8 Å². The molecule has 0 aliphatic carbocycles. The molecule has 0 unspecified atom stereocenters. The van der Waals surface area contributed by atoms with Crippen molar-refractivity contribution < 1.29 is 8.78 Å². The second kappa shape index (κ2) is 4.48. The highest BCUT2D eigenvalue weighted by Crippen LogP contribution is 2.23. The summed E-state index contributed by atoms with van der Waals surface area (Å²) in [7, 11) is 3.22. The third-order valence-electron chi connectivity index (χ3n) is 2.29. The Morgan fingerprint density at radius 3 is 2.88 bits per heavy atom. The normalized spacial score (nSPS) is 11.1. The Hall–Kier alpha value is -1.99. The van der Waals surface area contributed by atoms with E-state index in [0.717, 1.165) is 0 Å². The molecule has 2 rings (SSSR count). The molecule has 92 valence electrons. The highest BCUT2D eigenvalue weighted by Gasteiger charge is 2.15. The number of nitrogens with one attached hydrogen (secondary N) is 2. The number of aromatic amines is 1. The SMILES string of the molecule is CNc1nc(N(C)CC(F)F)c2cn[nH]c2n1. The minimum Gasteiger partial charge on any atom is -0.357 e. The summed E-state index contributed by atoms with van der Waals surface area (Å²) in [4.78, 5) is 9.66. The Balaban J connectivity index is 2.46. The molecule has 0 saturated carbocycles. The monoisotopic (exact) mass is 242 g/mol. The molecule has 2 aromatic rings. The van der Waals surface area contributed by atoms with Crippen molar-refractivity contribution in [3.8, 4) is 0 Å². The van der Waals surface area contributed by atoms with Crippen LogP contribution in [0.25, 0.3) is 11.0 Å². The Kier molecular flexibility index (Phi) is 3.03. The first-order chi connectivity index (χ1) is 8.11. The van der Waals surface area contributed by atoms with Crippen LogP contribution in [-0.4, -0.2) is 47.2 Å². The molecule has 0 fully saturated rings. The van der Waals surface area contributed by atoms with Crippen LogP contribution in [0.15, 0.2) is 6.20 Å². The van der Waals surface area contributed by atoms with Gasteiger partial charge in [0.15, 0.2) is 5.65 Å². The molecule has 6 nitrogen and oxygen atoms in total. The van der Waals surface area contributed by atoms with E-state index < -0.39 is 6.43 Å². The summed E-state index contributed by atoms with van der Waals surface area (Å²) in [6, 6.07) is 0. The third-order valence-corrected chi connectivity index (χ3v) is 2.29. The lowest BCUT2D eigenvalue weighted by Crippen LogP contribution is -2.25. The van der Waals surface area contributed by atoms with Gasteiger partial charge >= 0.3 is 0 Å². The van der Waals surface area contributed by atoms with Crippen LogP contribution in [0.2, 0.25) is 0 Å². The van der Waals surface area contributed by atoms with Crippen LogP contribution in [-0.2, 0) is 0 Å². The van der Waals surface area contributed by atoms with Crippen LogP contribution in [0.3, 0.4) is 0 Å². The van der Waals surface area contributed by atoms with Gasteiger partial charge in [0.05, 0.1) is 18.1 Å². The molecule has 0 radical (unpaired) electrons. The van der Waals surface area contributed by atoms with Crippen LogP contribution < -0.4 is 10.2 Å². The first kappa shape index (κ1) is 11.5. The van der Waals surface area contributed by atoms with Gasteiger partial charge < -0.3 is 10.2 Å². The lowest BCUT2D eigenvalue weighted by molar-refractivity contribution is 0.156. The fourth-order valence-electron chi connectivity index (χ4n) is 1.52. The van der Waals surface area contributed by atoms with Gasteiger partial charge in [0.25, 0.3) is 6.43 Å². The minimum atomic E-state index is -2.42. The topological polar surface area (TPSA) is 69.7 Å². The van der Waals surface area contributed by atoms with E-state index in [1.807, 2.05) is 0 Å². The Morgan fingerprint density at radius 2 is 2.24 bits per heavy atom. The quantitative estimate of drug-likeness (QED) is 0.840. The molecule has 17 heavy (non-hydrogen) atoms. The summed E-state index contributed by atoms with van der Waals surface area (Å²) < 4.78 is 24.7. The lowest BCUT2D eigenvalue weighted by atomic mass is 10.3. The fraction of sp³-hybridized carbons (Fsp3) is 0.444. The fourth-order valence-corrected chi connectivity index (χ4v) is 1.52. The zero-order valence-corrected chi connectivity index (χ0v) is 9.41. The Bertz CT molecular complexity index is 511. The van der Waals surface area contributed by atoms with Gasteiger partial charge in [-0.3, -0.25) is 5.10 Å². The largest absolute Gasteiger partial charge is 0.357 e. The molecule has 2 aromatic heterocycles. The molecule has 0 aliphatic heterocycles. The van der Waals surface area contributed by atoms with Crippen LogP contribution in [0.5, 0.6) is 0 Å². The number of hydrogen-bond acceptors (Lipinski definition) is 5. The number of anilines is 2. The molecule has 0 aromatic carbocycles. The van der Waals surface area contributed by atoms with Crippen molar-refractivity contribution in [1.82, 2.24) is 20.2 Å². The highest BCUT2D eigenvalue weighted by atomic mass is 19.3. The predicted octanol–water partition coefficient (Wildman–Crippen LogP) is 1.10. The minimum absolute atomic E-state index is 0.359. The zero-order chi connectivity index (χ0) is 12.4. The molecular formula is C9H12F2N6. The number of nitrogens with zero attached hydrogens (tertiary/aromatic N) is 4. The third kappa shape index (κ3) is 2.24. The van der Waals surface area contributed by atoms with Crippen LogP contribution in [0.4, 0.5) is 20.5 Å². The van der Waals surface area contributed by atoms with Gasteiger partial charge in [-0.15, -0.1) is 0 Å². The molecule has 0 spiro atoms. The molecule has 0 amide bonds. The maximum absolute atomic E-state index is 12.4. The number of fused-ring (bicyclic) bond motifs is 1. The van der Waals surface area contributed by atoms with Crippen molar-refractivity contribution in [2.75, 3.05) is 30.9 Å². The smallest absolute Gasteiger partial charge is 0.255 e. The van der Waals surface area contributed by atoms with E-state index in [9.17, 15) is 8.78 Å². The summed E-state index contributed by atoms with van der Waals surface area (Å²) in [5, 5.41) is 9.91. The van der Waals surface area contributed by atoms with Crippen LogP contribution >= 0.6 is 0 Å². The first-order valence-corrected chi connectivity index (χ1v) is 5.00. The highest BCUT2D eigenvalue weighted by molar-refractivity contribution is 5.87. The maximum atomic E-state index is 12.4. The van der Waals surface area contributed by atoms with Gasteiger partial charge in [0.2, 0.25) is 5.95 Å². The summed E-state index contributed by atoms with van der Waals surface area (Å²) in [6.45, 7) is -0.388. The van der Waals surface area contributed by atoms with Crippen LogP contribution in [0, 0.1) is 0 Å². The van der Waals surface area contributed by atoms with Crippen molar-refractivity contribution in [3.05, 3.63) is 6.20 Å². The first-order valence-electron chi connectivity index (χ1n) is 5.00. The zero-order valence-electron chi connectivity index (χ0n) is 9.41. The number of halogens is 2. The van der Waals surface area contributed by atoms with E-state index in [1.54, 1.807) is 14.1 Å². The molecule has 0 aliphatic rings. The Labute approximate surface area is 96.1 Å². The van der Waals surface area contributed by atoms with Crippen LogP contribution in [0.1, 0.15) is 0 Å². The van der Waals surface area contributed by atoms with Gasteiger partial charge in [-0.05, 0) is 0 Å². The van der Waals surface area contributed by atoms with Crippen molar-refractivity contribution in [2.45, 2.75) is 6.43 Å². The number of alkyl halides is 2. The van der Waals surface area contributed by atoms with Crippen molar-refractivity contribution >= 4 is 22.8 Å². The van der Waals surface area contributed by atoms with Gasteiger partial charge in [-0.1, -0.05) is 0 Å². The van der Waals surface area contributed by atoms with E-state index in [-0.39, 0.29) is 6.54 Å². The van der Waals surface area contributed by atoms with Gasteiger partial charge in [-0.25, -0.2) is 8.78 Å². The lowest BCUT2D eigenvalue weighted by Gasteiger charge is -2.18. The summed E-state index contributed by atoms with van der Waals surface area (Å²) in [5.74, 6) is 0.784. The van der Waals surface area contributed by atoms with E-state index in [1.165, 1.54) is 11.1 Å². The van der Waals surface area contributed by atoms with Crippen molar-refractivity contribution in [1.29, 1.82) is 0 Å². The standard InChI is InChI=1S/C9H12F2N6/c1-12-9-14-7-5(3-13-16-7)8(15-9)17(2)4-6(10)11/h3,6H,4H2,1-2H3,(H2,12,13,14,15,16). The Morgan fingerprint density at radius 1 is 1.47 bits per heavy atom. The predicted molar refractivity (Wildman–Crippen MR) is 60.5 cm³/mol. The van der Waals surface area contributed by atoms with E-state index in [4.69, 9.17) is 0 Å². The average molecular weight is 242 g/mol. The summed E-state index contributed by atoms with van der Waals surface area (Å²) >= 11 is 0. The van der Waals surface area contributed by atoms with E-state index >= 15 is 0 Å². The molecular weight excluding hydrogens is 230 g/mol. The second-order valence-corrected chi connectivity index (χ2v) is 3.52.